The van der Waals surface area contributed by atoms with Gasteiger partial charge >= 0.3 is 0 Å². The van der Waals surface area contributed by atoms with Crippen LogP contribution in [-0.2, 0) is 11.2 Å². The first-order valence-corrected chi connectivity index (χ1v) is 6.35. The Bertz CT molecular complexity index is 372. The van der Waals surface area contributed by atoms with E-state index < -0.39 is 0 Å². The highest BCUT2D eigenvalue weighted by molar-refractivity contribution is 9.10. The van der Waals surface area contributed by atoms with Crippen LogP contribution in [0.15, 0.2) is 22.7 Å². The average Bonchev–Trinajstić information content (AvgIpc) is 2.26. The van der Waals surface area contributed by atoms with E-state index in [0.717, 1.165) is 18.4 Å². The van der Waals surface area contributed by atoms with Gasteiger partial charge in [-0.15, -0.1) is 0 Å². The summed E-state index contributed by atoms with van der Waals surface area (Å²) in [6.45, 7) is 4.01. The summed E-state index contributed by atoms with van der Waals surface area (Å²) in [6.07, 6.45) is 2.01. The van der Waals surface area contributed by atoms with E-state index in [-0.39, 0.29) is 17.5 Å². The number of ketones is 1. The van der Waals surface area contributed by atoms with Crippen molar-refractivity contribution in [1.82, 2.24) is 0 Å². The zero-order chi connectivity index (χ0) is 12.1. The molecule has 0 aromatic heterocycles. The Morgan fingerprint density at radius 1 is 1.38 bits per heavy atom. The topological polar surface area (TPSA) is 17.1 Å². The first kappa shape index (κ1) is 13.4. The molecule has 1 nitrogen and oxygen atoms in total. The lowest BCUT2D eigenvalue weighted by Crippen LogP contribution is -2.15. The molecule has 1 aromatic rings. The smallest absolute Gasteiger partial charge is 0.140 e. The molecular weight excluding hydrogens is 271 g/mol. The third-order valence-electron chi connectivity index (χ3n) is 2.84. The lowest BCUT2D eigenvalue weighted by molar-refractivity contribution is -0.122. The molecule has 0 aliphatic heterocycles. The summed E-state index contributed by atoms with van der Waals surface area (Å²) in [7, 11) is 0. The summed E-state index contributed by atoms with van der Waals surface area (Å²) in [5, 5.41) is 0. The van der Waals surface area contributed by atoms with Crippen molar-refractivity contribution in [3.63, 3.8) is 0 Å². The fourth-order valence-corrected chi connectivity index (χ4v) is 2.17. The van der Waals surface area contributed by atoms with Crippen LogP contribution >= 0.6 is 15.9 Å². The van der Waals surface area contributed by atoms with Gasteiger partial charge in [-0.05, 0) is 40.4 Å². The molecule has 88 valence electrons. The first-order valence-electron chi connectivity index (χ1n) is 5.55. The van der Waals surface area contributed by atoms with Crippen LogP contribution in [0.3, 0.4) is 0 Å². The summed E-state index contributed by atoms with van der Waals surface area (Å²) in [4.78, 5) is 11.9. The monoisotopic (exact) mass is 286 g/mol. The highest BCUT2D eigenvalue weighted by Gasteiger charge is 2.16. The molecule has 1 aromatic carbocycles. The molecule has 0 unspecified atom stereocenters. The highest BCUT2D eigenvalue weighted by Crippen LogP contribution is 2.22. The van der Waals surface area contributed by atoms with E-state index in [0.29, 0.717) is 10.9 Å². The molecule has 0 N–H and O–H groups in total. The van der Waals surface area contributed by atoms with E-state index >= 15 is 0 Å². The van der Waals surface area contributed by atoms with Crippen LogP contribution in [0.5, 0.6) is 0 Å². The zero-order valence-corrected chi connectivity index (χ0v) is 11.2. The number of rotatable bonds is 5. The van der Waals surface area contributed by atoms with Crippen molar-refractivity contribution in [3.05, 3.63) is 34.1 Å². The van der Waals surface area contributed by atoms with Crippen LogP contribution in [0.4, 0.5) is 4.39 Å². The average molecular weight is 287 g/mol. The molecule has 0 saturated heterocycles. The van der Waals surface area contributed by atoms with Crippen LogP contribution in [0.2, 0.25) is 0 Å². The summed E-state index contributed by atoms with van der Waals surface area (Å²) < 4.78 is 13.6. The normalized spacial score (nSPS) is 10.8. The van der Waals surface area contributed by atoms with Crippen LogP contribution in [0, 0.1) is 11.7 Å². The molecule has 0 aliphatic rings. The number of hydrogen-bond donors (Lipinski definition) is 0. The van der Waals surface area contributed by atoms with Crippen molar-refractivity contribution in [3.8, 4) is 0 Å². The number of Topliss-reactive ketones (excluding diaryl/α,β-unsaturated/α-hetero) is 1. The summed E-state index contributed by atoms with van der Waals surface area (Å²) in [6, 6.07) is 4.80. The Morgan fingerprint density at radius 2 is 2.00 bits per heavy atom. The van der Waals surface area contributed by atoms with E-state index in [4.69, 9.17) is 0 Å². The maximum absolute atomic E-state index is 13.2. The van der Waals surface area contributed by atoms with Crippen molar-refractivity contribution in [1.29, 1.82) is 0 Å². The lowest BCUT2D eigenvalue weighted by Gasteiger charge is -2.11. The van der Waals surface area contributed by atoms with Gasteiger partial charge < -0.3 is 0 Å². The molecule has 0 heterocycles. The van der Waals surface area contributed by atoms with Crippen molar-refractivity contribution < 1.29 is 9.18 Å². The molecule has 0 aliphatic carbocycles. The molecule has 0 radical (unpaired) electrons. The molecule has 16 heavy (non-hydrogen) atoms. The molecule has 0 spiro atoms. The molecule has 0 saturated carbocycles. The Hall–Kier alpha value is -0.700. The third kappa shape index (κ3) is 3.14. The van der Waals surface area contributed by atoms with Crippen LogP contribution in [0.25, 0.3) is 0 Å². The molecule has 0 atom stereocenters. The molecule has 3 heteroatoms. The second-order valence-corrected chi connectivity index (χ2v) is 4.66. The molecule has 0 bridgehead atoms. The molecule has 0 amide bonds. The van der Waals surface area contributed by atoms with E-state index in [1.54, 1.807) is 12.1 Å². The Morgan fingerprint density at radius 3 is 2.56 bits per heavy atom. The number of hydrogen-bond acceptors (Lipinski definition) is 1. The maximum atomic E-state index is 13.2. The van der Waals surface area contributed by atoms with Gasteiger partial charge in [-0.2, -0.15) is 0 Å². The van der Waals surface area contributed by atoms with Gasteiger partial charge in [0.05, 0.1) is 4.47 Å². The summed E-state index contributed by atoms with van der Waals surface area (Å²) in [5.74, 6) is -0.0266. The van der Waals surface area contributed by atoms with Crippen LogP contribution < -0.4 is 0 Å². The summed E-state index contributed by atoms with van der Waals surface area (Å²) >= 11 is 3.17. The third-order valence-corrected chi connectivity index (χ3v) is 3.73. The minimum absolute atomic E-state index is 0.0927. The number of halogens is 2. The van der Waals surface area contributed by atoms with Gasteiger partial charge in [-0.25, -0.2) is 4.39 Å². The predicted molar refractivity (Wildman–Crippen MR) is 66.9 cm³/mol. The second-order valence-electron chi connectivity index (χ2n) is 3.87. The first-order chi connectivity index (χ1) is 7.60. The molecule has 1 rings (SSSR count). The minimum Gasteiger partial charge on any atom is -0.299 e. The molecular formula is C13H16BrFO. The van der Waals surface area contributed by atoms with Crippen LogP contribution in [0.1, 0.15) is 32.3 Å². The van der Waals surface area contributed by atoms with Gasteiger partial charge in [-0.1, -0.05) is 26.0 Å². The van der Waals surface area contributed by atoms with E-state index in [1.807, 2.05) is 13.8 Å². The minimum atomic E-state index is -0.310. The zero-order valence-electron chi connectivity index (χ0n) is 9.59. The maximum Gasteiger partial charge on any atom is 0.140 e. The van der Waals surface area contributed by atoms with Gasteiger partial charge in [0.1, 0.15) is 11.6 Å². The van der Waals surface area contributed by atoms with Gasteiger partial charge in [0.2, 0.25) is 0 Å². The standard InChI is InChI=1S/C13H16BrFO/c1-3-9(4-2)12(16)8-10-6-5-7-11(15)13(10)14/h5-7,9H,3-4,8H2,1-2H3. The van der Waals surface area contributed by atoms with E-state index in [9.17, 15) is 9.18 Å². The summed E-state index contributed by atoms with van der Waals surface area (Å²) in [5.41, 5.74) is 0.733. The van der Waals surface area contributed by atoms with Gasteiger partial charge in [0.25, 0.3) is 0 Å². The Kier molecular flexibility index (Phi) is 5.13. The van der Waals surface area contributed by atoms with Crippen molar-refractivity contribution in [2.45, 2.75) is 33.1 Å². The number of carbonyl (C=O) groups is 1. The fraction of sp³-hybridized carbons (Fsp3) is 0.462. The fourth-order valence-electron chi connectivity index (χ4n) is 1.76. The van der Waals surface area contributed by atoms with Gasteiger partial charge in [-0.3, -0.25) is 4.79 Å². The van der Waals surface area contributed by atoms with E-state index in [2.05, 4.69) is 15.9 Å². The predicted octanol–water partition coefficient (Wildman–Crippen LogP) is 4.14. The largest absolute Gasteiger partial charge is 0.299 e. The molecule has 0 fully saturated rings. The quantitative estimate of drug-likeness (QED) is 0.795. The van der Waals surface area contributed by atoms with Crippen molar-refractivity contribution >= 4 is 21.7 Å². The number of benzene rings is 1. The van der Waals surface area contributed by atoms with E-state index in [1.165, 1.54) is 6.07 Å². The van der Waals surface area contributed by atoms with Crippen molar-refractivity contribution in [2.75, 3.05) is 0 Å². The Balaban J connectivity index is 2.80. The van der Waals surface area contributed by atoms with Gasteiger partial charge in [0.15, 0.2) is 0 Å². The highest BCUT2D eigenvalue weighted by atomic mass is 79.9. The Labute approximate surface area is 104 Å². The second kappa shape index (κ2) is 6.14. The van der Waals surface area contributed by atoms with Gasteiger partial charge in [0, 0.05) is 12.3 Å². The number of carbonyl (C=O) groups excluding carboxylic acids is 1. The lowest BCUT2D eigenvalue weighted by atomic mass is 9.93. The SMILES string of the molecule is CCC(CC)C(=O)Cc1cccc(F)c1Br. The van der Waals surface area contributed by atoms with Crippen molar-refractivity contribution in [2.24, 2.45) is 5.92 Å². The van der Waals surface area contributed by atoms with Crippen LogP contribution in [-0.4, -0.2) is 5.78 Å².